The number of aryl methyl sites for hydroxylation is 1. The second-order valence-electron chi connectivity index (χ2n) is 7.54. The number of carbonyl (C=O) groups is 2. The summed E-state index contributed by atoms with van der Waals surface area (Å²) in [6.07, 6.45) is 4.17. The maximum absolute atomic E-state index is 12.9. The number of rotatable bonds is 2. The molecule has 6 heteroatoms. The minimum Gasteiger partial charge on any atom is -0.371 e. The zero-order chi connectivity index (χ0) is 18.9. The lowest BCUT2D eigenvalue weighted by molar-refractivity contribution is -0.122. The normalized spacial score (nSPS) is 22.9. The predicted molar refractivity (Wildman–Crippen MR) is 102 cm³/mol. The molecule has 27 heavy (non-hydrogen) atoms. The van der Waals surface area contributed by atoms with Gasteiger partial charge in [0.2, 0.25) is 0 Å². The molecule has 1 aromatic heterocycles. The molecule has 1 spiro atoms. The Bertz CT molecular complexity index is 855. The number of carbonyl (C=O) groups excluding carboxylic acids is 2. The molecule has 0 aliphatic carbocycles. The monoisotopic (exact) mass is 365 g/mol. The lowest BCUT2D eigenvalue weighted by Crippen LogP contribution is -2.43. The van der Waals surface area contributed by atoms with Crippen LogP contribution in [0.3, 0.4) is 0 Å². The molecule has 0 bridgehead atoms. The molecule has 0 radical (unpaired) electrons. The maximum Gasteiger partial charge on any atom is 0.255 e. The van der Waals surface area contributed by atoms with E-state index in [0.717, 1.165) is 17.7 Å². The molecule has 1 aromatic carbocycles. The molecular weight excluding hydrogens is 342 g/mol. The van der Waals surface area contributed by atoms with Gasteiger partial charge in [-0.1, -0.05) is 18.2 Å². The second-order valence-corrected chi connectivity index (χ2v) is 7.54. The van der Waals surface area contributed by atoms with Gasteiger partial charge in [-0.25, -0.2) is 0 Å². The molecule has 2 aliphatic heterocycles. The highest BCUT2D eigenvalue weighted by atomic mass is 16.5. The van der Waals surface area contributed by atoms with E-state index in [-0.39, 0.29) is 23.8 Å². The molecule has 2 aromatic rings. The first-order chi connectivity index (χ1) is 13.1. The molecule has 2 amide bonds. The number of hydrogen-bond acceptors (Lipinski definition) is 4. The van der Waals surface area contributed by atoms with Gasteiger partial charge in [0.05, 0.1) is 12.2 Å². The second kappa shape index (κ2) is 7.12. The van der Waals surface area contributed by atoms with Gasteiger partial charge in [0.25, 0.3) is 11.8 Å². The van der Waals surface area contributed by atoms with E-state index in [1.54, 1.807) is 17.3 Å². The van der Waals surface area contributed by atoms with Crippen molar-refractivity contribution < 1.29 is 14.3 Å². The average Bonchev–Trinajstić information content (AvgIpc) is 3.02. The Morgan fingerprint density at radius 3 is 2.78 bits per heavy atom. The smallest absolute Gasteiger partial charge is 0.255 e. The van der Waals surface area contributed by atoms with Crippen LogP contribution >= 0.6 is 0 Å². The number of amides is 2. The third kappa shape index (κ3) is 3.57. The zero-order valence-corrected chi connectivity index (χ0v) is 15.4. The summed E-state index contributed by atoms with van der Waals surface area (Å²) in [5.41, 5.74) is 2.21. The highest BCUT2D eigenvalue weighted by Gasteiger charge is 2.44. The Balaban J connectivity index is 1.55. The van der Waals surface area contributed by atoms with Gasteiger partial charge in [-0.15, -0.1) is 0 Å². The Hall–Kier alpha value is -2.73. The van der Waals surface area contributed by atoms with Crippen molar-refractivity contribution in [1.29, 1.82) is 0 Å². The van der Waals surface area contributed by atoms with Crippen LogP contribution in [0.2, 0.25) is 0 Å². The van der Waals surface area contributed by atoms with E-state index in [4.69, 9.17) is 4.74 Å². The van der Waals surface area contributed by atoms with Gasteiger partial charge in [0.15, 0.2) is 0 Å². The molecule has 140 valence electrons. The summed E-state index contributed by atoms with van der Waals surface area (Å²) < 4.78 is 5.71. The van der Waals surface area contributed by atoms with Crippen molar-refractivity contribution in [1.82, 2.24) is 9.88 Å². The number of pyridine rings is 1. The summed E-state index contributed by atoms with van der Waals surface area (Å²) >= 11 is 0. The van der Waals surface area contributed by atoms with Crippen molar-refractivity contribution in [2.24, 2.45) is 5.41 Å². The predicted octanol–water partition coefficient (Wildman–Crippen LogP) is 2.29. The zero-order valence-electron chi connectivity index (χ0n) is 15.4. The molecule has 0 saturated carbocycles. The van der Waals surface area contributed by atoms with E-state index in [1.165, 1.54) is 0 Å². The SMILES string of the molecule is Cc1cncc(C(=O)N2CCC3(COCC(=O)N(c4ccccc4)C3)C2)c1. The van der Waals surface area contributed by atoms with E-state index in [1.807, 2.05) is 48.2 Å². The molecule has 6 nitrogen and oxygen atoms in total. The fourth-order valence-electron chi connectivity index (χ4n) is 3.96. The van der Waals surface area contributed by atoms with Crippen LogP contribution in [0.4, 0.5) is 5.69 Å². The van der Waals surface area contributed by atoms with Crippen LogP contribution in [0.1, 0.15) is 22.3 Å². The summed E-state index contributed by atoms with van der Waals surface area (Å²) in [6.45, 7) is 4.29. The number of nitrogens with zero attached hydrogens (tertiary/aromatic N) is 3. The van der Waals surface area contributed by atoms with Gasteiger partial charge in [0, 0.05) is 43.1 Å². The molecule has 2 aliphatic rings. The Kier molecular flexibility index (Phi) is 4.66. The molecule has 1 unspecified atom stereocenters. The lowest BCUT2D eigenvalue weighted by Gasteiger charge is -2.32. The van der Waals surface area contributed by atoms with Crippen LogP contribution in [0, 0.1) is 12.3 Å². The first kappa shape index (κ1) is 17.7. The van der Waals surface area contributed by atoms with Gasteiger partial charge < -0.3 is 14.5 Å². The van der Waals surface area contributed by atoms with Gasteiger partial charge in [0.1, 0.15) is 6.61 Å². The summed E-state index contributed by atoms with van der Waals surface area (Å²) in [6, 6.07) is 11.5. The number of benzene rings is 1. The Morgan fingerprint density at radius 2 is 2.00 bits per heavy atom. The van der Waals surface area contributed by atoms with Crippen molar-refractivity contribution >= 4 is 17.5 Å². The summed E-state index contributed by atoms with van der Waals surface area (Å²) in [5, 5.41) is 0. The van der Waals surface area contributed by atoms with Gasteiger partial charge in [-0.2, -0.15) is 0 Å². The first-order valence-electron chi connectivity index (χ1n) is 9.20. The number of hydrogen-bond donors (Lipinski definition) is 0. The van der Waals surface area contributed by atoms with E-state index in [9.17, 15) is 9.59 Å². The molecule has 4 rings (SSSR count). The fraction of sp³-hybridized carbons (Fsp3) is 0.381. The Morgan fingerprint density at radius 1 is 1.19 bits per heavy atom. The molecule has 2 fully saturated rings. The highest BCUT2D eigenvalue weighted by molar-refractivity contribution is 5.95. The standard InChI is InChI=1S/C21H23N3O3/c1-16-9-17(11-22-10-16)20(26)23-8-7-21(13-23)14-24(19(25)12-27-15-21)18-5-3-2-4-6-18/h2-6,9-11H,7-8,12-15H2,1H3. The van der Waals surface area contributed by atoms with Crippen molar-refractivity contribution in [2.45, 2.75) is 13.3 Å². The molecule has 0 N–H and O–H groups in total. The number of anilines is 1. The number of para-hydroxylation sites is 1. The average molecular weight is 365 g/mol. The van der Waals surface area contributed by atoms with Crippen LogP contribution < -0.4 is 4.90 Å². The van der Waals surface area contributed by atoms with E-state index >= 15 is 0 Å². The summed E-state index contributed by atoms with van der Waals surface area (Å²) in [7, 11) is 0. The molecule has 3 heterocycles. The number of ether oxygens (including phenoxy) is 1. The highest BCUT2D eigenvalue weighted by Crippen LogP contribution is 2.35. The van der Waals surface area contributed by atoms with Crippen molar-refractivity contribution in [2.75, 3.05) is 37.7 Å². The van der Waals surface area contributed by atoms with Crippen LogP contribution in [-0.2, 0) is 9.53 Å². The van der Waals surface area contributed by atoms with Gasteiger partial charge in [-0.3, -0.25) is 14.6 Å². The summed E-state index contributed by atoms with van der Waals surface area (Å²) in [5.74, 6) is -0.0457. The third-order valence-corrected chi connectivity index (χ3v) is 5.34. The van der Waals surface area contributed by atoms with E-state index in [0.29, 0.717) is 31.8 Å². The van der Waals surface area contributed by atoms with Crippen molar-refractivity contribution in [3.05, 3.63) is 59.9 Å². The third-order valence-electron chi connectivity index (χ3n) is 5.34. The minimum absolute atomic E-state index is 0.00934. The van der Waals surface area contributed by atoms with Crippen molar-refractivity contribution in [3.63, 3.8) is 0 Å². The maximum atomic E-state index is 12.9. The van der Waals surface area contributed by atoms with Gasteiger partial charge in [-0.05, 0) is 37.1 Å². The van der Waals surface area contributed by atoms with E-state index < -0.39 is 0 Å². The first-order valence-corrected chi connectivity index (χ1v) is 9.20. The molecule has 2 saturated heterocycles. The van der Waals surface area contributed by atoms with E-state index in [2.05, 4.69) is 4.98 Å². The molecular formula is C21H23N3O3. The summed E-state index contributed by atoms with van der Waals surface area (Å²) in [4.78, 5) is 33.2. The largest absolute Gasteiger partial charge is 0.371 e. The fourth-order valence-corrected chi connectivity index (χ4v) is 3.96. The topological polar surface area (TPSA) is 62.7 Å². The minimum atomic E-state index is -0.241. The number of aromatic nitrogens is 1. The van der Waals surface area contributed by atoms with Crippen LogP contribution in [0.5, 0.6) is 0 Å². The van der Waals surface area contributed by atoms with Crippen LogP contribution in [-0.4, -0.2) is 54.5 Å². The quantitative estimate of drug-likeness (QED) is 0.819. The lowest BCUT2D eigenvalue weighted by atomic mass is 9.87. The van der Waals surface area contributed by atoms with Crippen LogP contribution in [0.25, 0.3) is 0 Å². The number of likely N-dealkylation sites (tertiary alicyclic amines) is 1. The molecule has 1 atom stereocenters. The Labute approximate surface area is 158 Å². The van der Waals surface area contributed by atoms with Crippen LogP contribution in [0.15, 0.2) is 48.8 Å². The van der Waals surface area contributed by atoms with Crippen molar-refractivity contribution in [3.8, 4) is 0 Å². The van der Waals surface area contributed by atoms with Gasteiger partial charge >= 0.3 is 0 Å².